The van der Waals surface area contributed by atoms with E-state index in [1.807, 2.05) is 19.1 Å². The lowest BCUT2D eigenvalue weighted by molar-refractivity contribution is -0.119. The third kappa shape index (κ3) is 4.28. The Bertz CT molecular complexity index is 472. The molecule has 1 rings (SSSR count). The summed E-state index contributed by atoms with van der Waals surface area (Å²) in [5, 5.41) is 5.78. The molecule has 0 fully saturated rings. The second kappa shape index (κ2) is 6.78. The van der Waals surface area contributed by atoms with Crippen molar-refractivity contribution in [1.82, 2.24) is 5.32 Å². The monoisotopic (exact) mass is 263 g/mol. The molecule has 0 aliphatic heterocycles. The number of benzene rings is 1. The zero-order valence-electron chi connectivity index (χ0n) is 11.6. The number of anilines is 1. The van der Waals surface area contributed by atoms with Gasteiger partial charge in [-0.15, -0.1) is 0 Å². The zero-order valence-corrected chi connectivity index (χ0v) is 11.6. The number of rotatable bonds is 6. The molecule has 0 saturated heterocycles. The lowest BCUT2D eigenvalue weighted by Gasteiger charge is -2.14. The Morgan fingerprint density at radius 3 is 2.63 bits per heavy atom. The quantitative estimate of drug-likeness (QED) is 0.725. The molecule has 1 atom stereocenters. The molecule has 4 N–H and O–H groups in total. The van der Waals surface area contributed by atoms with E-state index in [0.29, 0.717) is 5.56 Å². The van der Waals surface area contributed by atoms with Crippen LogP contribution in [0.3, 0.4) is 0 Å². The zero-order chi connectivity index (χ0) is 14.4. The highest BCUT2D eigenvalue weighted by atomic mass is 16.2. The third-order valence-electron chi connectivity index (χ3n) is 2.76. The molecular formula is C14H21N3O2. The van der Waals surface area contributed by atoms with Crippen molar-refractivity contribution < 1.29 is 9.59 Å². The van der Waals surface area contributed by atoms with Crippen LogP contribution >= 0.6 is 0 Å². The van der Waals surface area contributed by atoms with Gasteiger partial charge in [0.25, 0.3) is 5.91 Å². The summed E-state index contributed by atoms with van der Waals surface area (Å²) in [6.07, 6.45) is 0.965. The average Bonchev–Trinajstić information content (AvgIpc) is 2.36. The minimum atomic E-state index is -0.688. The van der Waals surface area contributed by atoms with Gasteiger partial charge < -0.3 is 16.4 Å². The molecule has 19 heavy (non-hydrogen) atoms. The van der Waals surface area contributed by atoms with Crippen LogP contribution in [0.1, 0.15) is 36.2 Å². The fraction of sp³-hybridized carbons (Fsp3) is 0.429. The largest absolute Gasteiger partial charge is 0.384 e. The molecule has 5 heteroatoms. The van der Waals surface area contributed by atoms with E-state index in [2.05, 4.69) is 17.6 Å². The number of primary amides is 1. The topological polar surface area (TPSA) is 84.2 Å². The second-order valence-electron chi connectivity index (χ2n) is 4.57. The molecule has 1 aromatic carbocycles. The maximum atomic E-state index is 12.1. The highest BCUT2D eigenvalue weighted by Crippen LogP contribution is 2.17. The van der Waals surface area contributed by atoms with E-state index in [1.165, 1.54) is 0 Å². The number of nitrogens with two attached hydrogens (primary N) is 1. The number of carbonyl (C=O) groups is 2. The Balaban J connectivity index is 2.93. The van der Waals surface area contributed by atoms with E-state index in [0.717, 1.165) is 24.2 Å². The number of hydrogen-bond acceptors (Lipinski definition) is 3. The van der Waals surface area contributed by atoms with E-state index in [4.69, 9.17) is 5.73 Å². The minimum absolute atomic E-state index is 0.298. The SMILES string of the molecule is CCCNc1ccc(C)cc1C(=O)NC(C)C(N)=O. The molecule has 104 valence electrons. The van der Waals surface area contributed by atoms with Gasteiger partial charge in [0.05, 0.1) is 5.56 Å². The van der Waals surface area contributed by atoms with Gasteiger partial charge in [0.15, 0.2) is 0 Å². The summed E-state index contributed by atoms with van der Waals surface area (Å²) in [6.45, 7) is 6.32. The van der Waals surface area contributed by atoms with Crippen LogP contribution in [0, 0.1) is 6.92 Å². The fourth-order valence-corrected chi connectivity index (χ4v) is 1.61. The molecule has 0 heterocycles. The predicted octanol–water partition coefficient (Wildman–Crippen LogP) is 1.42. The maximum Gasteiger partial charge on any atom is 0.254 e. The molecule has 0 radical (unpaired) electrons. The number of hydrogen-bond donors (Lipinski definition) is 3. The van der Waals surface area contributed by atoms with Gasteiger partial charge in [0, 0.05) is 12.2 Å². The van der Waals surface area contributed by atoms with Crippen molar-refractivity contribution in [1.29, 1.82) is 0 Å². The van der Waals surface area contributed by atoms with Crippen LogP contribution < -0.4 is 16.4 Å². The molecule has 0 spiro atoms. The number of carbonyl (C=O) groups excluding carboxylic acids is 2. The van der Waals surface area contributed by atoms with Crippen LogP contribution in [-0.4, -0.2) is 24.4 Å². The highest BCUT2D eigenvalue weighted by Gasteiger charge is 2.16. The van der Waals surface area contributed by atoms with Gasteiger partial charge in [-0.2, -0.15) is 0 Å². The van der Waals surface area contributed by atoms with Gasteiger partial charge in [-0.3, -0.25) is 9.59 Å². The van der Waals surface area contributed by atoms with E-state index in [1.54, 1.807) is 13.0 Å². The second-order valence-corrected chi connectivity index (χ2v) is 4.57. The van der Waals surface area contributed by atoms with Crippen molar-refractivity contribution in [2.24, 2.45) is 5.73 Å². The lowest BCUT2D eigenvalue weighted by atomic mass is 10.1. The Labute approximate surface area is 113 Å². The van der Waals surface area contributed by atoms with Gasteiger partial charge in [-0.05, 0) is 32.4 Å². The molecule has 0 aromatic heterocycles. The van der Waals surface area contributed by atoms with E-state index >= 15 is 0 Å². The molecule has 0 aliphatic carbocycles. The molecule has 2 amide bonds. The lowest BCUT2D eigenvalue weighted by Crippen LogP contribution is -2.42. The Morgan fingerprint density at radius 1 is 1.37 bits per heavy atom. The van der Waals surface area contributed by atoms with Crippen molar-refractivity contribution in [3.05, 3.63) is 29.3 Å². The van der Waals surface area contributed by atoms with E-state index in [9.17, 15) is 9.59 Å². The van der Waals surface area contributed by atoms with E-state index in [-0.39, 0.29) is 5.91 Å². The first-order valence-electron chi connectivity index (χ1n) is 6.40. The van der Waals surface area contributed by atoms with Crippen LogP contribution in [0.25, 0.3) is 0 Å². The minimum Gasteiger partial charge on any atom is -0.384 e. The van der Waals surface area contributed by atoms with Crippen LogP contribution in [0.5, 0.6) is 0 Å². The standard InChI is InChI=1S/C14H21N3O2/c1-4-7-16-12-6-5-9(2)8-11(12)14(19)17-10(3)13(15)18/h5-6,8,10,16H,4,7H2,1-3H3,(H2,15,18)(H,17,19). The normalized spacial score (nSPS) is 11.7. The van der Waals surface area contributed by atoms with Crippen LogP contribution in [0.15, 0.2) is 18.2 Å². The van der Waals surface area contributed by atoms with Crippen molar-refractivity contribution in [2.45, 2.75) is 33.2 Å². The summed E-state index contributed by atoms with van der Waals surface area (Å²) < 4.78 is 0. The first kappa shape index (κ1) is 15.0. The Hall–Kier alpha value is -2.04. The summed E-state index contributed by atoms with van der Waals surface area (Å²) in [5.41, 5.74) is 7.42. The number of amides is 2. The Kier molecular flexibility index (Phi) is 5.36. The highest BCUT2D eigenvalue weighted by molar-refractivity contribution is 6.01. The van der Waals surface area contributed by atoms with Crippen molar-refractivity contribution in [3.8, 4) is 0 Å². The maximum absolute atomic E-state index is 12.1. The molecule has 0 saturated carbocycles. The number of aryl methyl sites for hydroxylation is 1. The van der Waals surface area contributed by atoms with Crippen molar-refractivity contribution >= 4 is 17.5 Å². The summed E-state index contributed by atoms with van der Waals surface area (Å²) >= 11 is 0. The molecule has 1 aromatic rings. The van der Waals surface area contributed by atoms with Gasteiger partial charge >= 0.3 is 0 Å². The molecule has 0 aliphatic rings. The third-order valence-corrected chi connectivity index (χ3v) is 2.76. The predicted molar refractivity (Wildman–Crippen MR) is 76.1 cm³/mol. The Morgan fingerprint density at radius 2 is 2.05 bits per heavy atom. The van der Waals surface area contributed by atoms with E-state index < -0.39 is 11.9 Å². The van der Waals surface area contributed by atoms with Gasteiger partial charge in [-0.25, -0.2) is 0 Å². The summed E-state index contributed by atoms with van der Waals surface area (Å²) in [6, 6.07) is 4.91. The van der Waals surface area contributed by atoms with Gasteiger partial charge in [0.1, 0.15) is 6.04 Å². The van der Waals surface area contributed by atoms with Crippen LogP contribution in [0.2, 0.25) is 0 Å². The summed E-state index contributed by atoms with van der Waals surface area (Å²) in [7, 11) is 0. The van der Waals surface area contributed by atoms with Crippen molar-refractivity contribution in [3.63, 3.8) is 0 Å². The summed E-state index contributed by atoms with van der Waals surface area (Å²) in [4.78, 5) is 23.1. The first-order valence-corrected chi connectivity index (χ1v) is 6.40. The van der Waals surface area contributed by atoms with Crippen molar-refractivity contribution in [2.75, 3.05) is 11.9 Å². The first-order chi connectivity index (χ1) is 8.95. The molecule has 5 nitrogen and oxygen atoms in total. The smallest absolute Gasteiger partial charge is 0.254 e. The average molecular weight is 263 g/mol. The molecule has 1 unspecified atom stereocenters. The molecule has 0 bridgehead atoms. The summed E-state index contributed by atoms with van der Waals surface area (Å²) in [5.74, 6) is -0.849. The number of nitrogens with one attached hydrogen (secondary N) is 2. The van der Waals surface area contributed by atoms with Gasteiger partial charge in [0.2, 0.25) is 5.91 Å². The van der Waals surface area contributed by atoms with Crippen LogP contribution in [0.4, 0.5) is 5.69 Å². The van der Waals surface area contributed by atoms with Crippen LogP contribution in [-0.2, 0) is 4.79 Å². The fourth-order valence-electron chi connectivity index (χ4n) is 1.61. The molecular weight excluding hydrogens is 242 g/mol. The van der Waals surface area contributed by atoms with Gasteiger partial charge in [-0.1, -0.05) is 18.6 Å².